The molecule has 1 saturated heterocycles. The molecule has 0 bridgehead atoms. The summed E-state index contributed by atoms with van der Waals surface area (Å²) in [7, 11) is 0. The zero-order valence-corrected chi connectivity index (χ0v) is 20.5. The Morgan fingerprint density at radius 3 is 2.42 bits per heavy atom. The van der Waals surface area contributed by atoms with Crippen LogP contribution in [0, 0.1) is 28.6 Å². The van der Waals surface area contributed by atoms with Gasteiger partial charge in [-0.05, 0) is 55.5 Å². The van der Waals surface area contributed by atoms with E-state index in [9.17, 15) is 18.4 Å². The van der Waals surface area contributed by atoms with E-state index >= 15 is 0 Å². The third-order valence-electron chi connectivity index (χ3n) is 6.20. The number of hydrogen-bond donors (Lipinski definition) is 0. The van der Waals surface area contributed by atoms with Crippen molar-refractivity contribution >= 4 is 12.2 Å². The van der Waals surface area contributed by atoms with Crippen LogP contribution < -0.4 is 9.64 Å². The van der Waals surface area contributed by atoms with Crippen LogP contribution in [0.2, 0.25) is 0 Å². The van der Waals surface area contributed by atoms with Gasteiger partial charge in [-0.3, -0.25) is 0 Å². The normalized spacial score (nSPS) is 15.1. The van der Waals surface area contributed by atoms with E-state index in [4.69, 9.17) is 9.26 Å². The first-order chi connectivity index (χ1) is 17.2. The molecule has 0 saturated carbocycles. The second kappa shape index (κ2) is 11.0. The summed E-state index contributed by atoms with van der Waals surface area (Å²) in [5, 5.41) is 15.5. The van der Waals surface area contributed by atoms with Crippen LogP contribution in [0.1, 0.15) is 50.9 Å². The number of anilines is 1. The van der Waals surface area contributed by atoms with Crippen molar-refractivity contribution in [1.29, 1.82) is 0 Å². The number of nitrogens with zero attached hydrogens (tertiary/aromatic N) is 4. The molecule has 0 N–H and O–H groups in total. The number of piperidine rings is 1. The predicted octanol–water partition coefficient (Wildman–Crippen LogP) is 5.52. The number of benzene rings is 2. The highest BCUT2D eigenvalue weighted by atomic mass is 19.1. The van der Waals surface area contributed by atoms with Gasteiger partial charge in [0.15, 0.2) is 36.0 Å². The summed E-state index contributed by atoms with van der Waals surface area (Å²) < 4.78 is 55.6. The fraction of sp³-hybridized carbons (Fsp3) is 0.423. The van der Waals surface area contributed by atoms with Gasteiger partial charge < -0.3 is 19.4 Å². The molecule has 10 heteroatoms. The Balaban J connectivity index is 1.38. The average Bonchev–Trinajstić information content (AvgIpc) is 3.34. The van der Waals surface area contributed by atoms with Crippen molar-refractivity contribution in [1.82, 2.24) is 10.1 Å². The summed E-state index contributed by atoms with van der Waals surface area (Å²) in [5.74, 6) is -2.02. The second-order valence-corrected chi connectivity index (χ2v) is 9.20. The topological polar surface area (TPSA) is 77.5 Å². The summed E-state index contributed by atoms with van der Waals surface area (Å²) in [4.78, 5) is 6.41. The molecule has 192 valence electrons. The molecule has 1 aromatic heterocycles. The first-order valence-electron chi connectivity index (χ1n) is 12.0. The molecule has 7 nitrogen and oxygen atoms in total. The van der Waals surface area contributed by atoms with E-state index in [0.29, 0.717) is 35.2 Å². The third-order valence-corrected chi connectivity index (χ3v) is 6.20. The van der Waals surface area contributed by atoms with Crippen molar-refractivity contribution in [2.75, 3.05) is 31.1 Å². The Hall–Kier alpha value is -3.56. The van der Waals surface area contributed by atoms with Gasteiger partial charge in [-0.2, -0.15) is 4.98 Å². The smallest absolute Gasteiger partial charge is 0.324 e. The number of halogens is 3. The zero-order chi connectivity index (χ0) is 25.8. The summed E-state index contributed by atoms with van der Waals surface area (Å²) in [5.41, 5.74) is 0.434. The molecule has 0 unspecified atom stereocenters. The van der Waals surface area contributed by atoms with E-state index < -0.39 is 23.2 Å². The van der Waals surface area contributed by atoms with Gasteiger partial charge in [-0.1, -0.05) is 25.1 Å². The van der Waals surface area contributed by atoms with Crippen LogP contribution in [-0.4, -0.2) is 47.3 Å². The van der Waals surface area contributed by atoms with Gasteiger partial charge in [0.2, 0.25) is 0 Å². The highest BCUT2D eigenvalue weighted by Crippen LogP contribution is 2.32. The maximum Gasteiger partial charge on any atom is 0.324 e. The molecule has 0 amide bonds. The number of hydrogen-bond acceptors (Lipinski definition) is 6. The first kappa shape index (κ1) is 25.5. The fourth-order valence-corrected chi connectivity index (χ4v) is 4.04. The Kier molecular flexibility index (Phi) is 7.81. The van der Waals surface area contributed by atoms with E-state index in [-0.39, 0.29) is 36.1 Å². The van der Waals surface area contributed by atoms with Gasteiger partial charge in [-0.15, -0.1) is 0 Å². The van der Waals surface area contributed by atoms with E-state index in [1.807, 2.05) is 18.7 Å². The van der Waals surface area contributed by atoms with Crippen LogP contribution in [0.3, 0.4) is 0 Å². The van der Waals surface area contributed by atoms with Crippen LogP contribution in [0.4, 0.5) is 19.2 Å². The SMILES string of the molecule is CC/[N+]([O-])=C/c1ccc(-c2cc(F)c(OCC3CCN(c4nc(C(C)C)no4)CC3)c(F)c2)c(F)c1. The molecule has 0 aliphatic carbocycles. The summed E-state index contributed by atoms with van der Waals surface area (Å²) in [6.45, 7) is 7.38. The van der Waals surface area contributed by atoms with Gasteiger partial charge >= 0.3 is 6.01 Å². The minimum Gasteiger partial charge on any atom is -0.624 e. The van der Waals surface area contributed by atoms with E-state index in [1.54, 1.807) is 6.92 Å². The van der Waals surface area contributed by atoms with Gasteiger partial charge in [0, 0.05) is 30.1 Å². The van der Waals surface area contributed by atoms with Crippen molar-refractivity contribution < 1.29 is 27.2 Å². The Morgan fingerprint density at radius 1 is 1.14 bits per heavy atom. The van der Waals surface area contributed by atoms with E-state index in [2.05, 4.69) is 10.1 Å². The van der Waals surface area contributed by atoms with Crippen molar-refractivity contribution in [2.24, 2.45) is 5.92 Å². The second-order valence-electron chi connectivity index (χ2n) is 9.20. The van der Waals surface area contributed by atoms with Crippen molar-refractivity contribution in [3.63, 3.8) is 0 Å². The van der Waals surface area contributed by atoms with E-state index in [0.717, 1.165) is 31.0 Å². The molecule has 1 aliphatic rings. The Labute approximate surface area is 207 Å². The fourth-order valence-electron chi connectivity index (χ4n) is 4.04. The quantitative estimate of drug-likeness (QED) is 0.175. The van der Waals surface area contributed by atoms with Crippen LogP contribution >= 0.6 is 0 Å². The Morgan fingerprint density at radius 2 is 1.83 bits per heavy atom. The summed E-state index contributed by atoms with van der Waals surface area (Å²) in [6, 6.07) is 6.65. The first-order valence-corrected chi connectivity index (χ1v) is 12.0. The average molecular weight is 503 g/mol. The van der Waals surface area contributed by atoms with Crippen molar-refractivity contribution in [3.8, 4) is 16.9 Å². The highest BCUT2D eigenvalue weighted by molar-refractivity contribution is 5.78. The molecule has 4 rings (SSSR count). The standard InChI is InChI=1S/C26H29F3N4O3/c1-4-33(34)14-18-5-6-20(21(27)11-18)19-12-22(28)24(23(29)13-19)35-15-17-7-9-32(10-8-17)26-30-25(16(2)3)31-36-26/h5-6,11-14,16-17H,4,7-10,15H2,1-3H3/b33-14-. The molecule has 1 fully saturated rings. The van der Waals surface area contributed by atoms with Gasteiger partial charge in [0.25, 0.3) is 0 Å². The van der Waals surface area contributed by atoms with Gasteiger partial charge in [0.05, 0.1) is 6.61 Å². The number of ether oxygens (including phenoxy) is 1. The van der Waals surface area contributed by atoms with Crippen LogP contribution in [0.25, 0.3) is 11.1 Å². The summed E-state index contributed by atoms with van der Waals surface area (Å²) >= 11 is 0. The molecule has 1 aliphatic heterocycles. The Bertz CT molecular complexity index is 1210. The monoisotopic (exact) mass is 502 g/mol. The lowest BCUT2D eigenvalue weighted by atomic mass is 9.98. The van der Waals surface area contributed by atoms with Crippen molar-refractivity contribution in [3.05, 3.63) is 64.4 Å². The van der Waals surface area contributed by atoms with Crippen LogP contribution in [0.15, 0.2) is 34.9 Å². The number of rotatable bonds is 8. The lowest BCUT2D eigenvalue weighted by molar-refractivity contribution is -0.447. The lowest BCUT2D eigenvalue weighted by Crippen LogP contribution is -2.35. The molecular formula is C26H29F3N4O3. The van der Waals surface area contributed by atoms with Crippen LogP contribution in [-0.2, 0) is 0 Å². The van der Waals surface area contributed by atoms with Crippen molar-refractivity contribution in [2.45, 2.75) is 39.5 Å². The minimum atomic E-state index is -0.902. The van der Waals surface area contributed by atoms with Gasteiger partial charge in [0.1, 0.15) is 5.82 Å². The minimum absolute atomic E-state index is 0.0273. The maximum absolute atomic E-state index is 14.8. The number of aromatic nitrogens is 2. The molecule has 2 heterocycles. The largest absolute Gasteiger partial charge is 0.624 e. The van der Waals surface area contributed by atoms with Crippen LogP contribution in [0.5, 0.6) is 5.75 Å². The van der Waals surface area contributed by atoms with Gasteiger partial charge in [-0.25, -0.2) is 17.9 Å². The zero-order valence-electron chi connectivity index (χ0n) is 20.5. The molecule has 0 atom stereocenters. The lowest BCUT2D eigenvalue weighted by Gasteiger charge is -2.30. The molecule has 0 spiro atoms. The third kappa shape index (κ3) is 5.80. The predicted molar refractivity (Wildman–Crippen MR) is 130 cm³/mol. The molecule has 0 radical (unpaired) electrons. The molecular weight excluding hydrogens is 473 g/mol. The van der Waals surface area contributed by atoms with E-state index in [1.165, 1.54) is 18.3 Å². The molecule has 36 heavy (non-hydrogen) atoms. The molecule has 3 aromatic rings. The molecule has 2 aromatic carbocycles. The summed E-state index contributed by atoms with van der Waals surface area (Å²) in [6.07, 6.45) is 2.74. The maximum atomic E-state index is 14.8. The highest BCUT2D eigenvalue weighted by Gasteiger charge is 2.25. The number of hydroxylamine groups is 1.